The smallest absolute Gasteiger partial charge is 0.315 e. The van der Waals surface area contributed by atoms with Gasteiger partial charge in [-0.05, 0) is 49.7 Å². The lowest BCUT2D eigenvalue weighted by Crippen LogP contribution is -2.44. The first kappa shape index (κ1) is 15.8. The molecule has 4 nitrogen and oxygen atoms in total. The Balaban J connectivity index is 1.97. The molecule has 1 aromatic carbocycles. The molecule has 0 fully saturated rings. The van der Waals surface area contributed by atoms with Crippen LogP contribution in [0, 0.1) is 5.92 Å². The molecule has 0 bridgehead atoms. The van der Waals surface area contributed by atoms with Crippen LogP contribution in [0.1, 0.15) is 50.3 Å². The minimum Gasteiger partial charge on any atom is -0.396 e. The van der Waals surface area contributed by atoms with Crippen LogP contribution >= 0.6 is 0 Å². The summed E-state index contributed by atoms with van der Waals surface area (Å²) in [6.07, 6.45) is 3.69. The molecule has 116 valence electrons. The van der Waals surface area contributed by atoms with Crippen molar-refractivity contribution in [3.05, 3.63) is 35.4 Å². The highest BCUT2D eigenvalue weighted by Crippen LogP contribution is 2.33. The first-order valence-corrected chi connectivity index (χ1v) is 7.87. The highest BCUT2D eigenvalue weighted by molar-refractivity contribution is 5.75. The van der Waals surface area contributed by atoms with E-state index in [-0.39, 0.29) is 24.7 Å². The number of aryl methyl sites for hydroxylation is 1. The number of aliphatic hydroxyl groups excluding tert-OH is 1. The number of carbonyl (C=O) groups excluding carboxylic acids is 1. The number of rotatable bonds is 5. The molecule has 4 heteroatoms. The van der Waals surface area contributed by atoms with E-state index in [0.717, 1.165) is 19.3 Å². The van der Waals surface area contributed by atoms with Crippen LogP contribution in [0.2, 0.25) is 0 Å². The molecule has 3 N–H and O–H groups in total. The second-order valence-electron chi connectivity index (χ2n) is 6.08. The van der Waals surface area contributed by atoms with E-state index in [0.29, 0.717) is 12.3 Å². The Morgan fingerprint density at radius 1 is 1.43 bits per heavy atom. The van der Waals surface area contributed by atoms with Crippen LogP contribution in [0.4, 0.5) is 4.79 Å². The predicted octanol–water partition coefficient (Wildman–Crippen LogP) is 2.77. The fraction of sp³-hybridized carbons (Fsp3) is 0.588. The summed E-state index contributed by atoms with van der Waals surface area (Å²) in [5.41, 5.74) is 2.59. The van der Waals surface area contributed by atoms with Crippen LogP contribution in [-0.2, 0) is 6.42 Å². The van der Waals surface area contributed by atoms with E-state index in [2.05, 4.69) is 35.8 Å². The van der Waals surface area contributed by atoms with Gasteiger partial charge in [0.1, 0.15) is 0 Å². The van der Waals surface area contributed by atoms with Crippen molar-refractivity contribution in [1.29, 1.82) is 0 Å². The molecule has 0 spiro atoms. The summed E-state index contributed by atoms with van der Waals surface area (Å²) in [4.78, 5) is 12.2. The van der Waals surface area contributed by atoms with Crippen molar-refractivity contribution in [2.75, 3.05) is 6.61 Å². The number of aliphatic hydroxyl groups is 1. The van der Waals surface area contributed by atoms with Crippen LogP contribution in [0.15, 0.2) is 24.3 Å². The third-order valence-electron chi connectivity index (χ3n) is 4.29. The molecule has 0 aromatic heterocycles. The van der Waals surface area contributed by atoms with Gasteiger partial charge in [0.05, 0.1) is 6.04 Å². The second kappa shape index (κ2) is 7.46. The normalized spacial score (nSPS) is 22.2. The maximum Gasteiger partial charge on any atom is 0.315 e. The molecule has 0 saturated heterocycles. The molecule has 1 aliphatic carbocycles. The van der Waals surface area contributed by atoms with Gasteiger partial charge in [0, 0.05) is 12.6 Å². The van der Waals surface area contributed by atoms with Gasteiger partial charge in [0.2, 0.25) is 0 Å². The zero-order chi connectivity index (χ0) is 15.2. The first-order valence-electron chi connectivity index (χ1n) is 7.87. The Kier molecular flexibility index (Phi) is 5.62. The average Bonchev–Trinajstić information content (AvgIpc) is 2.48. The van der Waals surface area contributed by atoms with Gasteiger partial charge in [-0.25, -0.2) is 4.79 Å². The van der Waals surface area contributed by atoms with E-state index in [1.807, 2.05) is 13.0 Å². The Labute approximate surface area is 126 Å². The minimum absolute atomic E-state index is 0.0753. The molecule has 0 radical (unpaired) electrons. The number of urea groups is 1. The summed E-state index contributed by atoms with van der Waals surface area (Å²) < 4.78 is 0. The zero-order valence-electron chi connectivity index (χ0n) is 12.9. The largest absolute Gasteiger partial charge is 0.396 e. The number of hydrogen-bond acceptors (Lipinski definition) is 2. The zero-order valence-corrected chi connectivity index (χ0v) is 12.9. The summed E-state index contributed by atoms with van der Waals surface area (Å²) in [6.45, 7) is 4.32. The highest BCUT2D eigenvalue weighted by atomic mass is 16.3. The van der Waals surface area contributed by atoms with Gasteiger partial charge in [0.25, 0.3) is 0 Å². The number of benzene rings is 1. The van der Waals surface area contributed by atoms with Crippen molar-refractivity contribution in [2.45, 2.75) is 51.6 Å². The van der Waals surface area contributed by atoms with E-state index in [4.69, 9.17) is 5.11 Å². The Morgan fingerprint density at radius 3 is 2.95 bits per heavy atom. The number of carbonyl (C=O) groups is 1. The quantitative estimate of drug-likeness (QED) is 0.781. The topological polar surface area (TPSA) is 61.4 Å². The molecule has 0 saturated carbocycles. The highest BCUT2D eigenvalue weighted by Gasteiger charge is 2.27. The molecule has 21 heavy (non-hydrogen) atoms. The van der Waals surface area contributed by atoms with Crippen molar-refractivity contribution >= 4 is 6.03 Å². The maximum atomic E-state index is 12.2. The van der Waals surface area contributed by atoms with Crippen molar-refractivity contribution < 1.29 is 9.90 Å². The standard InChI is InChI=1S/C17H26N2O2/c1-12-9-10-14-7-3-4-8-15(14)16(12)19-17(21)18-13(2)6-5-11-20/h3-4,7-8,12-13,16,20H,5-6,9-11H2,1-2H3,(H2,18,19,21). The van der Waals surface area contributed by atoms with E-state index in [1.165, 1.54) is 11.1 Å². The average molecular weight is 290 g/mol. The van der Waals surface area contributed by atoms with Gasteiger partial charge in [-0.2, -0.15) is 0 Å². The number of hydrogen-bond donors (Lipinski definition) is 3. The van der Waals surface area contributed by atoms with Gasteiger partial charge >= 0.3 is 6.03 Å². The lowest BCUT2D eigenvalue weighted by Gasteiger charge is -2.32. The Morgan fingerprint density at radius 2 is 2.19 bits per heavy atom. The van der Waals surface area contributed by atoms with Gasteiger partial charge in [-0.15, -0.1) is 0 Å². The van der Waals surface area contributed by atoms with Crippen LogP contribution in [0.25, 0.3) is 0 Å². The molecule has 2 rings (SSSR count). The van der Waals surface area contributed by atoms with Gasteiger partial charge in [-0.3, -0.25) is 0 Å². The van der Waals surface area contributed by atoms with Crippen LogP contribution < -0.4 is 10.6 Å². The number of amides is 2. The summed E-state index contributed by atoms with van der Waals surface area (Å²) >= 11 is 0. The van der Waals surface area contributed by atoms with Gasteiger partial charge in [0.15, 0.2) is 0 Å². The minimum atomic E-state index is -0.117. The van der Waals surface area contributed by atoms with Gasteiger partial charge < -0.3 is 15.7 Å². The van der Waals surface area contributed by atoms with E-state index in [1.54, 1.807) is 0 Å². The summed E-state index contributed by atoms with van der Waals surface area (Å²) in [6, 6.07) is 8.40. The molecule has 0 aliphatic heterocycles. The Bertz CT molecular complexity index is 476. The van der Waals surface area contributed by atoms with Crippen LogP contribution in [0.5, 0.6) is 0 Å². The SMILES string of the molecule is CC(CCCO)NC(=O)NC1c2ccccc2CCC1C. The number of fused-ring (bicyclic) bond motifs is 1. The lowest BCUT2D eigenvalue weighted by molar-refractivity contribution is 0.223. The predicted molar refractivity (Wildman–Crippen MR) is 84.1 cm³/mol. The summed E-state index contributed by atoms with van der Waals surface area (Å²) in [7, 11) is 0. The van der Waals surface area contributed by atoms with Gasteiger partial charge in [-0.1, -0.05) is 31.2 Å². The lowest BCUT2D eigenvalue weighted by atomic mass is 9.81. The van der Waals surface area contributed by atoms with Crippen molar-refractivity contribution in [1.82, 2.24) is 10.6 Å². The third kappa shape index (κ3) is 4.21. The molecular formula is C17H26N2O2. The first-order chi connectivity index (χ1) is 10.1. The van der Waals surface area contributed by atoms with Crippen molar-refractivity contribution in [3.63, 3.8) is 0 Å². The summed E-state index contributed by atoms with van der Waals surface area (Å²) in [5, 5.41) is 14.9. The third-order valence-corrected chi connectivity index (χ3v) is 4.29. The molecule has 1 aliphatic rings. The molecule has 0 heterocycles. The molecule has 3 unspecified atom stereocenters. The monoisotopic (exact) mass is 290 g/mol. The van der Waals surface area contributed by atoms with Crippen LogP contribution in [-0.4, -0.2) is 23.8 Å². The van der Waals surface area contributed by atoms with E-state index in [9.17, 15) is 4.79 Å². The number of nitrogens with one attached hydrogen (secondary N) is 2. The molecule has 3 atom stereocenters. The van der Waals surface area contributed by atoms with E-state index >= 15 is 0 Å². The fourth-order valence-corrected chi connectivity index (χ4v) is 3.02. The molecule has 2 amide bonds. The fourth-order valence-electron chi connectivity index (χ4n) is 3.02. The molecular weight excluding hydrogens is 264 g/mol. The van der Waals surface area contributed by atoms with Crippen LogP contribution in [0.3, 0.4) is 0 Å². The maximum absolute atomic E-state index is 12.2. The van der Waals surface area contributed by atoms with E-state index < -0.39 is 0 Å². The second-order valence-corrected chi connectivity index (χ2v) is 6.08. The Hall–Kier alpha value is -1.55. The van der Waals surface area contributed by atoms with Crippen molar-refractivity contribution in [2.24, 2.45) is 5.92 Å². The van der Waals surface area contributed by atoms with Crippen molar-refractivity contribution in [3.8, 4) is 0 Å². The molecule has 1 aromatic rings. The summed E-state index contributed by atoms with van der Waals surface area (Å²) in [5.74, 6) is 0.443.